The molecule has 7 nitrogen and oxygen atoms in total. The van der Waals surface area contributed by atoms with Crippen molar-refractivity contribution in [3.63, 3.8) is 0 Å². The van der Waals surface area contributed by atoms with Gasteiger partial charge in [-0.15, -0.1) is 0 Å². The van der Waals surface area contributed by atoms with Gasteiger partial charge in [0, 0.05) is 42.3 Å². The summed E-state index contributed by atoms with van der Waals surface area (Å²) in [5.74, 6) is 1.09. The van der Waals surface area contributed by atoms with E-state index >= 15 is 0 Å². The van der Waals surface area contributed by atoms with E-state index in [1.54, 1.807) is 59.7 Å². The Morgan fingerprint density at radius 1 is 1.04 bits per heavy atom. The normalized spacial score (nSPS) is 11.5. The van der Waals surface area contributed by atoms with Gasteiger partial charge < -0.3 is 4.57 Å². The van der Waals surface area contributed by atoms with E-state index in [2.05, 4.69) is 35.6 Å². The van der Waals surface area contributed by atoms with Crippen molar-refractivity contribution in [3.05, 3.63) is 59.6 Å². The van der Waals surface area contributed by atoms with E-state index in [9.17, 15) is 8.42 Å². The maximum absolute atomic E-state index is 12.3. The molecule has 0 atom stereocenters. The molecular formula is C15H14BrN5O2S. The highest BCUT2D eigenvalue weighted by Crippen LogP contribution is 2.20. The highest BCUT2D eigenvalue weighted by molar-refractivity contribution is 9.10. The van der Waals surface area contributed by atoms with Crippen LogP contribution in [0.3, 0.4) is 0 Å². The number of imidazole rings is 1. The molecule has 0 aliphatic carbocycles. The molecule has 0 unspecified atom stereocenters. The maximum atomic E-state index is 12.3. The minimum Gasteiger partial charge on any atom is -0.327 e. The second-order valence-electron chi connectivity index (χ2n) is 4.84. The molecule has 0 aliphatic rings. The lowest BCUT2D eigenvalue weighted by molar-refractivity contribution is 0.572. The van der Waals surface area contributed by atoms with Crippen LogP contribution in [0.2, 0.25) is 0 Å². The van der Waals surface area contributed by atoms with Crippen LogP contribution in [0.15, 0.2) is 64.5 Å². The molecule has 9 heteroatoms. The van der Waals surface area contributed by atoms with Crippen LogP contribution in [0.4, 0.5) is 0 Å². The molecule has 24 heavy (non-hydrogen) atoms. The first-order valence-electron chi connectivity index (χ1n) is 7.10. The number of nitrogens with one attached hydrogen (secondary N) is 1. The molecule has 0 amide bonds. The van der Waals surface area contributed by atoms with Gasteiger partial charge in [0.15, 0.2) is 11.6 Å². The lowest BCUT2D eigenvalue weighted by Crippen LogP contribution is -2.27. The standard InChI is InChI=1S/C15H14BrN5O2S/c16-12-4-1-2-5-13(12)24(22,23)20-9-11-21-10-8-19-15(21)14-17-6-3-7-18-14/h1-8,10,20H,9,11H2. The van der Waals surface area contributed by atoms with E-state index in [-0.39, 0.29) is 11.4 Å². The summed E-state index contributed by atoms with van der Waals surface area (Å²) in [7, 11) is -3.58. The Morgan fingerprint density at radius 2 is 1.79 bits per heavy atom. The average molecular weight is 408 g/mol. The lowest BCUT2D eigenvalue weighted by Gasteiger charge is -2.10. The number of hydrogen-bond donors (Lipinski definition) is 1. The first kappa shape index (κ1) is 16.7. The van der Waals surface area contributed by atoms with Crippen LogP contribution in [0.1, 0.15) is 0 Å². The van der Waals surface area contributed by atoms with Crippen LogP contribution >= 0.6 is 15.9 Å². The first-order valence-corrected chi connectivity index (χ1v) is 9.38. The largest absolute Gasteiger partial charge is 0.327 e. The molecule has 1 N–H and O–H groups in total. The molecule has 0 fully saturated rings. The minimum atomic E-state index is -3.58. The van der Waals surface area contributed by atoms with E-state index in [4.69, 9.17) is 0 Å². The van der Waals surface area contributed by atoms with Crippen molar-refractivity contribution in [3.8, 4) is 11.6 Å². The van der Waals surface area contributed by atoms with Gasteiger partial charge in [-0.05, 0) is 34.1 Å². The average Bonchev–Trinajstić information content (AvgIpc) is 3.04. The zero-order chi connectivity index (χ0) is 17.0. The van der Waals surface area contributed by atoms with E-state index in [1.165, 1.54) is 0 Å². The van der Waals surface area contributed by atoms with Crippen LogP contribution in [0.25, 0.3) is 11.6 Å². The molecule has 124 valence electrons. The number of nitrogens with zero attached hydrogens (tertiary/aromatic N) is 4. The van der Waals surface area contributed by atoms with Crippen molar-refractivity contribution in [2.24, 2.45) is 0 Å². The lowest BCUT2D eigenvalue weighted by atomic mass is 10.4. The predicted molar refractivity (Wildman–Crippen MR) is 92.6 cm³/mol. The Kier molecular flexibility index (Phi) is 5.03. The molecule has 2 heterocycles. The van der Waals surface area contributed by atoms with Crippen LogP contribution in [-0.4, -0.2) is 34.5 Å². The van der Waals surface area contributed by atoms with Gasteiger partial charge in [0.2, 0.25) is 10.0 Å². The molecule has 0 radical (unpaired) electrons. The van der Waals surface area contributed by atoms with Crippen molar-refractivity contribution in [2.75, 3.05) is 6.54 Å². The van der Waals surface area contributed by atoms with Crippen LogP contribution < -0.4 is 4.72 Å². The third-order valence-electron chi connectivity index (χ3n) is 3.25. The van der Waals surface area contributed by atoms with Gasteiger partial charge in [-0.3, -0.25) is 0 Å². The van der Waals surface area contributed by atoms with Gasteiger partial charge in [-0.1, -0.05) is 12.1 Å². The number of aromatic nitrogens is 4. The van der Waals surface area contributed by atoms with E-state index in [0.717, 1.165) is 0 Å². The number of rotatable bonds is 6. The topological polar surface area (TPSA) is 89.8 Å². The molecule has 0 saturated heterocycles. The Bertz CT molecular complexity index is 928. The fourth-order valence-electron chi connectivity index (χ4n) is 2.15. The molecule has 0 spiro atoms. The van der Waals surface area contributed by atoms with Gasteiger partial charge in [0.25, 0.3) is 0 Å². The van der Waals surface area contributed by atoms with Crippen LogP contribution in [-0.2, 0) is 16.6 Å². The summed E-state index contributed by atoms with van der Waals surface area (Å²) in [6.07, 6.45) is 6.67. The summed E-state index contributed by atoms with van der Waals surface area (Å²) in [6.45, 7) is 0.636. The van der Waals surface area contributed by atoms with E-state index in [1.807, 2.05) is 0 Å². The highest BCUT2D eigenvalue weighted by atomic mass is 79.9. The van der Waals surface area contributed by atoms with E-state index < -0.39 is 10.0 Å². The Hall–Kier alpha value is -2.10. The summed E-state index contributed by atoms with van der Waals surface area (Å²) in [5.41, 5.74) is 0. The van der Waals surface area contributed by atoms with Gasteiger partial charge >= 0.3 is 0 Å². The molecule has 0 bridgehead atoms. The van der Waals surface area contributed by atoms with Gasteiger partial charge in [0.05, 0.1) is 4.90 Å². The Morgan fingerprint density at radius 3 is 2.54 bits per heavy atom. The maximum Gasteiger partial charge on any atom is 0.241 e. The fraction of sp³-hybridized carbons (Fsp3) is 0.133. The van der Waals surface area contributed by atoms with Crippen molar-refractivity contribution in [1.29, 1.82) is 0 Å². The molecule has 3 rings (SSSR count). The molecule has 1 aromatic carbocycles. The van der Waals surface area contributed by atoms with Gasteiger partial charge in [0.1, 0.15) is 0 Å². The number of hydrogen-bond acceptors (Lipinski definition) is 5. The quantitative estimate of drug-likeness (QED) is 0.675. The highest BCUT2D eigenvalue weighted by Gasteiger charge is 2.16. The second-order valence-corrected chi connectivity index (χ2v) is 7.43. The predicted octanol–water partition coefficient (Wildman–Crippen LogP) is 2.08. The third kappa shape index (κ3) is 3.69. The fourth-order valence-corrected chi connectivity index (χ4v) is 4.17. The van der Waals surface area contributed by atoms with Crippen molar-refractivity contribution in [1.82, 2.24) is 24.2 Å². The Labute approximate surface area is 148 Å². The van der Waals surface area contributed by atoms with E-state index in [0.29, 0.717) is 22.7 Å². The summed E-state index contributed by atoms with van der Waals surface area (Å²) in [5, 5.41) is 0. The summed E-state index contributed by atoms with van der Waals surface area (Å²) < 4.78 is 29.6. The summed E-state index contributed by atoms with van der Waals surface area (Å²) in [4.78, 5) is 12.8. The smallest absolute Gasteiger partial charge is 0.241 e. The minimum absolute atomic E-state index is 0.210. The molecule has 0 saturated carbocycles. The monoisotopic (exact) mass is 407 g/mol. The SMILES string of the molecule is O=S(=O)(NCCn1ccnc1-c1ncccn1)c1ccccc1Br. The van der Waals surface area contributed by atoms with Crippen LogP contribution in [0.5, 0.6) is 0 Å². The molecular weight excluding hydrogens is 394 g/mol. The Balaban J connectivity index is 1.70. The summed E-state index contributed by atoms with van der Waals surface area (Å²) in [6, 6.07) is 8.41. The number of benzene rings is 1. The van der Waals surface area contributed by atoms with Crippen molar-refractivity contribution >= 4 is 26.0 Å². The molecule has 2 aromatic heterocycles. The third-order valence-corrected chi connectivity index (χ3v) is 5.73. The molecule has 0 aliphatic heterocycles. The number of sulfonamides is 1. The second kappa shape index (κ2) is 7.20. The summed E-state index contributed by atoms with van der Waals surface area (Å²) >= 11 is 3.25. The van der Waals surface area contributed by atoms with Crippen molar-refractivity contribution in [2.45, 2.75) is 11.4 Å². The first-order chi connectivity index (χ1) is 11.6. The number of halogens is 1. The zero-order valence-electron chi connectivity index (χ0n) is 12.5. The zero-order valence-corrected chi connectivity index (χ0v) is 14.9. The van der Waals surface area contributed by atoms with Gasteiger partial charge in [-0.2, -0.15) is 0 Å². The van der Waals surface area contributed by atoms with Gasteiger partial charge in [-0.25, -0.2) is 28.1 Å². The van der Waals surface area contributed by atoms with Crippen LogP contribution in [0, 0.1) is 0 Å². The molecule has 3 aromatic rings. The van der Waals surface area contributed by atoms with Crippen molar-refractivity contribution < 1.29 is 8.42 Å².